The van der Waals surface area contributed by atoms with Crippen LogP contribution in [0.2, 0.25) is 0 Å². The molecule has 0 unspecified atom stereocenters. The van der Waals surface area contributed by atoms with E-state index in [-0.39, 0.29) is 23.2 Å². The van der Waals surface area contributed by atoms with Crippen molar-refractivity contribution in [2.45, 2.75) is 25.3 Å². The van der Waals surface area contributed by atoms with Crippen LogP contribution in [0.25, 0.3) is 0 Å². The minimum absolute atomic E-state index is 0.0424. The third-order valence-corrected chi connectivity index (χ3v) is 6.20. The average Bonchev–Trinajstić information content (AvgIpc) is 2.83. The molecule has 7 heteroatoms. The number of carbonyl (C=O) groups is 1. The van der Waals surface area contributed by atoms with Gasteiger partial charge in [0.05, 0.1) is 17.0 Å². The van der Waals surface area contributed by atoms with Gasteiger partial charge in [0.15, 0.2) is 9.84 Å². The summed E-state index contributed by atoms with van der Waals surface area (Å²) in [6, 6.07) is 9.38. The Morgan fingerprint density at radius 3 is 2.64 bits per heavy atom. The molecule has 1 saturated heterocycles. The largest absolute Gasteiger partial charge is 0.346 e. The van der Waals surface area contributed by atoms with Crippen LogP contribution in [-0.4, -0.2) is 36.4 Å². The number of hydrogen-bond acceptors (Lipinski definition) is 4. The fourth-order valence-electron chi connectivity index (χ4n) is 2.98. The quantitative estimate of drug-likeness (QED) is 0.904. The third kappa shape index (κ3) is 4.42. The van der Waals surface area contributed by atoms with Crippen LogP contribution >= 0.6 is 0 Å². The van der Waals surface area contributed by atoms with E-state index in [1.165, 1.54) is 12.1 Å². The molecule has 1 N–H and O–H groups in total. The van der Waals surface area contributed by atoms with Crippen LogP contribution in [-0.2, 0) is 16.3 Å². The lowest BCUT2D eigenvalue weighted by Gasteiger charge is -2.23. The number of nitrogens with zero attached hydrogens (tertiary/aromatic N) is 1. The normalized spacial score (nSPS) is 21.8. The van der Waals surface area contributed by atoms with Crippen molar-refractivity contribution in [2.75, 3.05) is 11.5 Å². The van der Waals surface area contributed by atoms with Crippen LogP contribution < -0.4 is 5.32 Å². The number of pyridine rings is 1. The smallest absolute Gasteiger partial charge is 0.251 e. The monoisotopic (exact) mass is 362 g/mol. The Hall–Kier alpha value is -2.28. The molecule has 0 bridgehead atoms. The van der Waals surface area contributed by atoms with Gasteiger partial charge in [-0.1, -0.05) is 12.1 Å². The summed E-state index contributed by atoms with van der Waals surface area (Å²) in [4.78, 5) is 16.7. The van der Waals surface area contributed by atoms with Gasteiger partial charge in [0, 0.05) is 23.9 Å². The second-order valence-corrected chi connectivity index (χ2v) is 8.88. The van der Waals surface area contributed by atoms with E-state index in [1.807, 2.05) is 0 Å². The van der Waals surface area contributed by atoms with Gasteiger partial charge in [0.1, 0.15) is 5.82 Å². The highest BCUT2D eigenvalue weighted by Gasteiger charge is 2.39. The van der Waals surface area contributed by atoms with Crippen LogP contribution in [0.3, 0.4) is 0 Å². The predicted molar refractivity (Wildman–Crippen MR) is 92.6 cm³/mol. The summed E-state index contributed by atoms with van der Waals surface area (Å²) < 4.78 is 36.3. The van der Waals surface area contributed by atoms with Crippen molar-refractivity contribution in [2.24, 2.45) is 0 Å². The number of hydrogen-bond donors (Lipinski definition) is 1. The molecule has 1 aromatic carbocycles. The first-order chi connectivity index (χ1) is 11.7. The zero-order valence-corrected chi connectivity index (χ0v) is 14.6. The number of aromatic nitrogens is 1. The fraction of sp³-hybridized carbons (Fsp3) is 0.333. The maximum atomic E-state index is 13.0. The van der Waals surface area contributed by atoms with Gasteiger partial charge in [-0.3, -0.25) is 9.78 Å². The molecular formula is C18H19FN2O3S. The Balaban J connectivity index is 1.72. The standard InChI is InChI=1S/C18H19FN2O3S/c1-18(7-9-25(23,24)12-18)21-17(22)14-6-8-20-16(11-14)10-13-2-4-15(19)5-3-13/h2-6,8,11H,7,9-10,12H2,1H3,(H,21,22)/t18-/m0/s1. The van der Waals surface area contributed by atoms with Crippen molar-refractivity contribution in [3.63, 3.8) is 0 Å². The maximum absolute atomic E-state index is 13.0. The van der Waals surface area contributed by atoms with Crippen molar-refractivity contribution in [1.82, 2.24) is 10.3 Å². The highest BCUT2D eigenvalue weighted by molar-refractivity contribution is 7.91. The summed E-state index contributed by atoms with van der Waals surface area (Å²) in [5, 5.41) is 2.83. The Morgan fingerprint density at radius 1 is 1.28 bits per heavy atom. The van der Waals surface area contributed by atoms with Crippen LogP contribution in [0, 0.1) is 5.82 Å². The van der Waals surface area contributed by atoms with Gasteiger partial charge < -0.3 is 5.32 Å². The number of sulfone groups is 1. The van der Waals surface area contributed by atoms with Crippen molar-refractivity contribution >= 4 is 15.7 Å². The Labute approximate surface area is 146 Å². The Kier molecular flexibility index (Phi) is 4.60. The van der Waals surface area contributed by atoms with Gasteiger partial charge in [0.2, 0.25) is 0 Å². The zero-order chi connectivity index (χ0) is 18.1. The van der Waals surface area contributed by atoms with Crippen LogP contribution in [0.4, 0.5) is 4.39 Å². The number of halogens is 1. The first kappa shape index (κ1) is 17.5. The number of benzene rings is 1. The Bertz CT molecular complexity index is 897. The molecule has 1 amide bonds. The summed E-state index contributed by atoms with van der Waals surface area (Å²) in [6.45, 7) is 1.75. The first-order valence-corrected chi connectivity index (χ1v) is 9.79. The number of rotatable bonds is 4. The van der Waals surface area contributed by atoms with Gasteiger partial charge in [-0.05, 0) is 43.2 Å². The lowest BCUT2D eigenvalue weighted by Crippen LogP contribution is -2.46. The number of carbonyl (C=O) groups excluding carboxylic acids is 1. The summed E-state index contributed by atoms with van der Waals surface area (Å²) in [7, 11) is -3.09. The SMILES string of the molecule is C[C@]1(NC(=O)c2ccnc(Cc3ccc(F)cc3)c2)CCS(=O)(=O)C1. The topological polar surface area (TPSA) is 76.1 Å². The average molecular weight is 362 g/mol. The van der Waals surface area contributed by atoms with Crippen molar-refractivity contribution < 1.29 is 17.6 Å². The first-order valence-electron chi connectivity index (χ1n) is 7.97. The van der Waals surface area contributed by atoms with E-state index in [9.17, 15) is 17.6 Å². The summed E-state index contributed by atoms with van der Waals surface area (Å²) in [5.74, 6) is -0.568. The molecule has 3 rings (SSSR count). The molecule has 1 atom stereocenters. The van der Waals surface area contributed by atoms with Crippen molar-refractivity contribution in [3.8, 4) is 0 Å². The minimum atomic E-state index is -3.09. The Morgan fingerprint density at radius 2 is 2.00 bits per heavy atom. The summed E-state index contributed by atoms with van der Waals surface area (Å²) in [5.41, 5.74) is 1.26. The van der Waals surface area contributed by atoms with E-state index in [4.69, 9.17) is 0 Å². The van der Waals surface area contributed by atoms with Gasteiger partial charge in [0.25, 0.3) is 5.91 Å². The van der Waals surface area contributed by atoms with Crippen molar-refractivity contribution in [1.29, 1.82) is 0 Å². The van der Waals surface area contributed by atoms with E-state index in [2.05, 4.69) is 10.3 Å². The van der Waals surface area contributed by atoms with Crippen LogP contribution in [0.5, 0.6) is 0 Å². The summed E-state index contributed by atoms with van der Waals surface area (Å²) in [6.07, 6.45) is 2.43. The van der Waals surface area contributed by atoms with Crippen molar-refractivity contribution in [3.05, 3.63) is 65.2 Å². The second kappa shape index (κ2) is 6.55. The highest BCUT2D eigenvalue weighted by Crippen LogP contribution is 2.23. The number of amides is 1. The molecule has 132 valence electrons. The summed E-state index contributed by atoms with van der Waals surface area (Å²) >= 11 is 0. The molecule has 0 saturated carbocycles. The van der Waals surface area contributed by atoms with E-state index < -0.39 is 15.4 Å². The van der Waals surface area contributed by atoms with E-state index in [0.29, 0.717) is 24.1 Å². The van der Waals surface area contributed by atoms with E-state index >= 15 is 0 Å². The molecule has 1 aliphatic heterocycles. The molecule has 1 aromatic heterocycles. The number of nitrogens with one attached hydrogen (secondary N) is 1. The van der Waals surface area contributed by atoms with Crippen LogP contribution in [0.1, 0.15) is 35.0 Å². The van der Waals surface area contributed by atoms with E-state index in [1.54, 1.807) is 37.4 Å². The molecule has 0 aliphatic carbocycles. The lowest BCUT2D eigenvalue weighted by atomic mass is 10.0. The molecule has 1 fully saturated rings. The van der Waals surface area contributed by atoms with Gasteiger partial charge in [-0.25, -0.2) is 12.8 Å². The van der Waals surface area contributed by atoms with Gasteiger partial charge in [-0.15, -0.1) is 0 Å². The molecule has 2 heterocycles. The van der Waals surface area contributed by atoms with Crippen LogP contribution in [0.15, 0.2) is 42.6 Å². The molecule has 5 nitrogen and oxygen atoms in total. The fourth-order valence-corrected chi connectivity index (χ4v) is 5.08. The highest BCUT2D eigenvalue weighted by atomic mass is 32.2. The molecule has 0 radical (unpaired) electrons. The third-order valence-electron chi connectivity index (χ3n) is 4.30. The molecule has 0 spiro atoms. The van der Waals surface area contributed by atoms with E-state index in [0.717, 1.165) is 5.56 Å². The second-order valence-electron chi connectivity index (χ2n) is 6.70. The zero-order valence-electron chi connectivity index (χ0n) is 13.8. The predicted octanol–water partition coefficient (Wildman–Crippen LogP) is 2.12. The molecular weight excluding hydrogens is 343 g/mol. The van der Waals surface area contributed by atoms with Gasteiger partial charge in [-0.2, -0.15) is 0 Å². The molecule has 25 heavy (non-hydrogen) atoms. The molecule has 2 aromatic rings. The lowest BCUT2D eigenvalue weighted by molar-refractivity contribution is 0.0915. The molecule has 1 aliphatic rings. The van der Waals surface area contributed by atoms with Gasteiger partial charge >= 0.3 is 0 Å². The minimum Gasteiger partial charge on any atom is -0.346 e. The maximum Gasteiger partial charge on any atom is 0.251 e.